The molecule has 0 unspecified atom stereocenters. The molecule has 0 bridgehead atoms. The maximum atomic E-state index is 12.7. The minimum atomic E-state index is -0.0814. The third-order valence-electron chi connectivity index (χ3n) is 3.70. The van der Waals surface area contributed by atoms with Gasteiger partial charge in [0.1, 0.15) is 17.1 Å². The van der Waals surface area contributed by atoms with Gasteiger partial charge in [0.15, 0.2) is 5.78 Å². The lowest BCUT2D eigenvalue weighted by molar-refractivity contribution is 0.0986. The number of hydrogen-bond donors (Lipinski definition) is 0. The van der Waals surface area contributed by atoms with E-state index < -0.39 is 0 Å². The van der Waals surface area contributed by atoms with Crippen molar-refractivity contribution in [2.45, 2.75) is 6.42 Å². The lowest BCUT2D eigenvalue weighted by atomic mass is 10.0. The predicted octanol–water partition coefficient (Wildman–Crippen LogP) is 3.68. The van der Waals surface area contributed by atoms with Crippen LogP contribution in [0.4, 0.5) is 0 Å². The van der Waals surface area contributed by atoms with Crippen molar-refractivity contribution in [3.8, 4) is 11.5 Å². The SMILES string of the molecule is COc1cccc(OC)c1C(=O)Cc1ccc2ccccc2n1. The van der Waals surface area contributed by atoms with Crippen LogP contribution in [0.5, 0.6) is 11.5 Å². The number of methoxy groups -OCH3 is 2. The highest BCUT2D eigenvalue weighted by molar-refractivity contribution is 6.02. The van der Waals surface area contributed by atoms with E-state index in [9.17, 15) is 4.79 Å². The largest absolute Gasteiger partial charge is 0.496 e. The van der Waals surface area contributed by atoms with Gasteiger partial charge in [0, 0.05) is 11.1 Å². The first-order valence-corrected chi connectivity index (χ1v) is 7.32. The number of benzene rings is 2. The molecule has 4 heteroatoms. The van der Waals surface area contributed by atoms with E-state index in [4.69, 9.17) is 9.47 Å². The average molecular weight is 307 g/mol. The van der Waals surface area contributed by atoms with E-state index in [1.54, 1.807) is 32.4 Å². The molecule has 0 atom stereocenters. The first kappa shape index (κ1) is 15.0. The smallest absolute Gasteiger partial charge is 0.176 e. The summed E-state index contributed by atoms with van der Waals surface area (Å²) in [5, 5.41) is 1.05. The van der Waals surface area contributed by atoms with Gasteiger partial charge in [-0.15, -0.1) is 0 Å². The van der Waals surface area contributed by atoms with Gasteiger partial charge >= 0.3 is 0 Å². The van der Waals surface area contributed by atoms with Gasteiger partial charge in [0.05, 0.1) is 26.2 Å². The Kier molecular flexibility index (Phi) is 4.24. The highest BCUT2D eigenvalue weighted by Gasteiger charge is 2.18. The molecule has 3 aromatic rings. The van der Waals surface area contributed by atoms with Gasteiger partial charge in [-0.3, -0.25) is 9.78 Å². The number of ketones is 1. The van der Waals surface area contributed by atoms with E-state index in [0.717, 1.165) is 16.6 Å². The molecule has 0 aliphatic carbocycles. The van der Waals surface area contributed by atoms with Crippen LogP contribution in [0.1, 0.15) is 16.1 Å². The highest BCUT2D eigenvalue weighted by atomic mass is 16.5. The number of Topliss-reactive ketones (excluding diaryl/α,β-unsaturated/α-hetero) is 1. The Hall–Kier alpha value is -2.88. The van der Waals surface area contributed by atoms with Crippen LogP contribution in [0.25, 0.3) is 10.9 Å². The quantitative estimate of drug-likeness (QED) is 0.675. The van der Waals surface area contributed by atoms with Gasteiger partial charge in [-0.05, 0) is 24.3 Å². The van der Waals surface area contributed by atoms with Gasteiger partial charge in [0.25, 0.3) is 0 Å². The minimum Gasteiger partial charge on any atom is -0.496 e. The molecule has 0 aliphatic rings. The Labute approximate surface area is 134 Å². The van der Waals surface area contributed by atoms with E-state index in [-0.39, 0.29) is 12.2 Å². The number of carbonyl (C=O) groups excluding carboxylic acids is 1. The molecule has 1 aromatic heterocycles. The molecule has 4 nitrogen and oxygen atoms in total. The van der Waals surface area contributed by atoms with Crippen molar-refractivity contribution in [3.63, 3.8) is 0 Å². The summed E-state index contributed by atoms with van der Waals surface area (Å²) in [5.74, 6) is 0.937. The molecule has 2 aromatic carbocycles. The average Bonchev–Trinajstić information content (AvgIpc) is 2.60. The topological polar surface area (TPSA) is 48.4 Å². The summed E-state index contributed by atoms with van der Waals surface area (Å²) in [6.45, 7) is 0. The number of carbonyl (C=O) groups is 1. The van der Waals surface area contributed by atoms with Crippen LogP contribution in [0.15, 0.2) is 54.6 Å². The van der Waals surface area contributed by atoms with Crippen LogP contribution >= 0.6 is 0 Å². The number of para-hydroxylation sites is 1. The molecule has 0 saturated carbocycles. The Bertz CT molecular complexity index is 836. The number of nitrogens with zero attached hydrogens (tertiary/aromatic N) is 1. The first-order chi connectivity index (χ1) is 11.2. The zero-order valence-corrected chi connectivity index (χ0v) is 13.1. The summed E-state index contributed by atoms with van der Waals surface area (Å²) in [6.07, 6.45) is 0.196. The summed E-state index contributed by atoms with van der Waals surface area (Å²) in [4.78, 5) is 17.3. The molecule has 0 saturated heterocycles. The zero-order valence-electron chi connectivity index (χ0n) is 13.1. The molecule has 0 fully saturated rings. The van der Waals surface area contributed by atoms with Crippen molar-refractivity contribution < 1.29 is 14.3 Å². The third kappa shape index (κ3) is 3.01. The Morgan fingerprint density at radius 3 is 2.30 bits per heavy atom. The summed E-state index contributed by atoms with van der Waals surface area (Å²) in [6, 6.07) is 17.0. The maximum absolute atomic E-state index is 12.7. The number of pyridine rings is 1. The standard InChI is InChI=1S/C19H17NO3/c1-22-17-8-5-9-18(23-2)19(17)16(21)12-14-11-10-13-6-3-4-7-15(13)20-14/h3-11H,12H2,1-2H3. The Morgan fingerprint density at radius 2 is 1.61 bits per heavy atom. The van der Waals surface area contributed by atoms with Crippen LogP contribution in [-0.2, 0) is 6.42 Å². The molecule has 0 spiro atoms. The van der Waals surface area contributed by atoms with Gasteiger partial charge in [-0.1, -0.05) is 30.3 Å². The lowest BCUT2D eigenvalue weighted by Crippen LogP contribution is -2.09. The van der Waals surface area contributed by atoms with Gasteiger partial charge in [0.2, 0.25) is 0 Å². The second-order valence-electron chi connectivity index (χ2n) is 5.13. The van der Waals surface area contributed by atoms with Gasteiger partial charge in [-0.2, -0.15) is 0 Å². The van der Waals surface area contributed by atoms with Crippen LogP contribution in [-0.4, -0.2) is 25.0 Å². The van der Waals surface area contributed by atoms with Crippen LogP contribution in [0, 0.1) is 0 Å². The molecule has 3 rings (SSSR count). The molecule has 23 heavy (non-hydrogen) atoms. The minimum absolute atomic E-state index is 0.0814. The van der Waals surface area contributed by atoms with Crippen LogP contribution in [0.3, 0.4) is 0 Å². The van der Waals surface area contributed by atoms with E-state index in [1.807, 2.05) is 36.4 Å². The first-order valence-electron chi connectivity index (χ1n) is 7.32. The third-order valence-corrected chi connectivity index (χ3v) is 3.70. The Morgan fingerprint density at radius 1 is 0.913 bits per heavy atom. The normalized spacial score (nSPS) is 10.5. The van der Waals surface area contributed by atoms with Crippen molar-refractivity contribution in [2.24, 2.45) is 0 Å². The van der Waals surface area contributed by atoms with E-state index in [0.29, 0.717) is 17.1 Å². The molecule has 0 radical (unpaired) electrons. The maximum Gasteiger partial charge on any atom is 0.176 e. The molecule has 0 aliphatic heterocycles. The van der Waals surface area contributed by atoms with Crippen LogP contribution in [0.2, 0.25) is 0 Å². The highest BCUT2D eigenvalue weighted by Crippen LogP contribution is 2.29. The predicted molar refractivity (Wildman–Crippen MR) is 89.3 cm³/mol. The van der Waals surface area contributed by atoms with Crippen molar-refractivity contribution in [1.82, 2.24) is 4.98 Å². The fourth-order valence-electron chi connectivity index (χ4n) is 2.59. The molecular weight excluding hydrogens is 290 g/mol. The second-order valence-corrected chi connectivity index (χ2v) is 5.13. The Balaban J connectivity index is 1.94. The fraction of sp³-hybridized carbons (Fsp3) is 0.158. The number of rotatable bonds is 5. The fourth-order valence-corrected chi connectivity index (χ4v) is 2.59. The molecular formula is C19H17NO3. The van der Waals surface area contributed by atoms with E-state index >= 15 is 0 Å². The van der Waals surface area contributed by atoms with Gasteiger partial charge in [-0.25, -0.2) is 0 Å². The summed E-state index contributed by atoms with van der Waals surface area (Å²) in [5.41, 5.74) is 2.05. The zero-order chi connectivity index (χ0) is 16.2. The van der Waals surface area contributed by atoms with Crippen molar-refractivity contribution in [3.05, 3.63) is 65.9 Å². The molecule has 1 heterocycles. The number of hydrogen-bond acceptors (Lipinski definition) is 4. The molecule has 0 N–H and O–H groups in total. The summed E-state index contributed by atoms with van der Waals surface area (Å²) in [7, 11) is 3.08. The molecule has 0 amide bonds. The van der Waals surface area contributed by atoms with E-state index in [1.165, 1.54) is 0 Å². The molecule has 116 valence electrons. The number of aromatic nitrogens is 1. The van der Waals surface area contributed by atoms with Crippen molar-refractivity contribution in [1.29, 1.82) is 0 Å². The monoisotopic (exact) mass is 307 g/mol. The number of ether oxygens (including phenoxy) is 2. The van der Waals surface area contributed by atoms with Gasteiger partial charge < -0.3 is 9.47 Å². The van der Waals surface area contributed by atoms with Crippen molar-refractivity contribution >= 4 is 16.7 Å². The van der Waals surface area contributed by atoms with Crippen LogP contribution < -0.4 is 9.47 Å². The lowest BCUT2D eigenvalue weighted by Gasteiger charge is -2.12. The summed E-state index contributed by atoms with van der Waals surface area (Å²) < 4.78 is 10.6. The summed E-state index contributed by atoms with van der Waals surface area (Å²) >= 11 is 0. The van der Waals surface area contributed by atoms with E-state index in [2.05, 4.69) is 4.98 Å². The second kappa shape index (κ2) is 6.48. The van der Waals surface area contributed by atoms with Crippen molar-refractivity contribution in [2.75, 3.05) is 14.2 Å². The number of fused-ring (bicyclic) bond motifs is 1.